The molecule has 0 aliphatic heterocycles. The van der Waals surface area contributed by atoms with Gasteiger partial charge in [0, 0.05) is 0 Å². The molecule has 0 spiro atoms. The van der Waals surface area contributed by atoms with Crippen molar-refractivity contribution in [2.75, 3.05) is 0 Å². The van der Waals surface area contributed by atoms with E-state index in [4.69, 9.17) is 0 Å². The summed E-state index contributed by atoms with van der Waals surface area (Å²) in [4.78, 5) is 0. The third-order valence-electron chi connectivity index (χ3n) is 0.604. The van der Waals surface area contributed by atoms with Gasteiger partial charge in [-0.25, -0.2) is 0 Å². The van der Waals surface area contributed by atoms with E-state index in [0.29, 0.717) is 0 Å². The molecular weight excluding hydrogens is 120 g/mol. The van der Waals surface area contributed by atoms with Gasteiger partial charge in [0.25, 0.3) is 0 Å². The first-order valence-corrected chi connectivity index (χ1v) is 3.36. The van der Waals surface area contributed by atoms with E-state index in [-0.39, 0.29) is 23.1 Å². The summed E-state index contributed by atoms with van der Waals surface area (Å²) in [6.07, 6.45) is 5.65. The summed E-state index contributed by atoms with van der Waals surface area (Å²) in [5.74, 6) is 0. The van der Waals surface area contributed by atoms with Crippen molar-refractivity contribution in [3.05, 3.63) is 13.3 Å². The van der Waals surface area contributed by atoms with E-state index in [2.05, 4.69) is 13.8 Å². The summed E-state index contributed by atoms with van der Waals surface area (Å²) in [6, 6.07) is 0. The molecule has 0 unspecified atom stereocenters. The fraction of sp³-hybridized carbons (Fsp3) is 0.750. The van der Waals surface area contributed by atoms with Crippen molar-refractivity contribution >= 4 is 23.1 Å². The number of hydrogen-bond acceptors (Lipinski definition) is 0. The second kappa shape index (κ2) is 23.3. The van der Waals surface area contributed by atoms with Gasteiger partial charge in [0.2, 0.25) is 0 Å². The van der Waals surface area contributed by atoms with Crippen LogP contribution >= 0.6 is 0 Å². The zero-order chi connectivity index (χ0) is 6.83. The van der Waals surface area contributed by atoms with Crippen molar-refractivity contribution in [3.8, 4) is 0 Å². The van der Waals surface area contributed by atoms with Crippen molar-refractivity contribution in [2.24, 2.45) is 0 Å². The minimum absolute atomic E-state index is 0. The van der Waals surface area contributed by atoms with Gasteiger partial charge in [0.15, 0.2) is 0 Å². The Kier molecular flexibility index (Phi) is 42.4. The maximum Gasteiger partial charge on any atom is 2.00 e. The summed E-state index contributed by atoms with van der Waals surface area (Å²) in [5.41, 5.74) is 0. The first-order valence-electron chi connectivity index (χ1n) is 3.36. The SMILES string of the molecule is C[CH-]C.[CH2-]CCCC.[Mg+2]. The second-order valence-corrected chi connectivity index (χ2v) is 1.78. The topological polar surface area (TPSA) is 0 Å². The second-order valence-electron chi connectivity index (χ2n) is 1.78. The Morgan fingerprint density at radius 3 is 1.67 bits per heavy atom. The van der Waals surface area contributed by atoms with Crippen LogP contribution in [0.15, 0.2) is 0 Å². The summed E-state index contributed by atoms with van der Waals surface area (Å²) in [6.45, 7) is 9.85. The molecule has 0 fully saturated rings. The largest absolute Gasteiger partial charge is 2.00 e. The van der Waals surface area contributed by atoms with E-state index in [1.54, 1.807) is 0 Å². The fourth-order valence-electron chi connectivity index (χ4n) is 0.250. The van der Waals surface area contributed by atoms with Crippen LogP contribution in [0.1, 0.15) is 40.0 Å². The third kappa shape index (κ3) is 52.4. The fourth-order valence-corrected chi connectivity index (χ4v) is 0.250. The zero-order valence-electron chi connectivity index (χ0n) is 7.11. The van der Waals surface area contributed by atoms with E-state index >= 15 is 0 Å². The minimum atomic E-state index is 0. The van der Waals surface area contributed by atoms with Crippen molar-refractivity contribution in [3.63, 3.8) is 0 Å². The number of unbranched alkanes of at least 4 members (excludes halogenated alkanes) is 2. The molecule has 52 valence electrons. The van der Waals surface area contributed by atoms with Crippen LogP contribution in [0.4, 0.5) is 0 Å². The van der Waals surface area contributed by atoms with Crippen molar-refractivity contribution in [1.82, 2.24) is 0 Å². The standard InChI is InChI=1S/C5H11.C3H7.Mg/c1-3-5-4-2;1-3-2;/h1,3-5H2,2H3;3H,1-2H3;/q2*-1;+2. The molecule has 0 aliphatic carbocycles. The summed E-state index contributed by atoms with van der Waals surface area (Å²) in [7, 11) is 0. The van der Waals surface area contributed by atoms with Gasteiger partial charge in [-0.1, -0.05) is 19.8 Å². The van der Waals surface area contributed by atoms with E-state index in [1.807, 2.05) is 20.3 Å². The molecule has 0 saturated carbocycles. The molecule has 0 aliphatic rings. The van der Waals surface area contributed by atoms with Crippen LogP contribution in [0, 0.1) is 13.3 Å². The molecule has 1 heteroatoms. The zero-order valence-corrected chi connectivity index (χ0v) is 8.53. The molecule has 0 aromatic rings. The van der Waals surface area contributed by atoms with Crippen LogP contribution in [0.2, 0.25) is 0 Å². The Morgan fingerprint density at radius 2 is 1.67 bits per heavy atom. The Balaban J connectivity index is -0.0000000800. The normalized spacial score (nSPS) is 6.67. The first-order chi connectivity index (χ1) is 3.83. The molecule has 0 aromatic carbocycles. The van der Waals surface area contributed by atoms with Gasteiger partial charge in [-0.15, -0.1) is 0 Å². The molecule has 0 aromatic heterocycles. The van der Waals surface area contributed by atoms with E-state index in [0.717, 1.165) is 6.42 Å². The minimum Gasteiger partial charge on any atom is -0.343 e. The van der Waals surface area contributed by atoms with E-state index in [1.165, 1.54) is 12.8 Å². The van der Waals surface area contributed by atoms with E-state index < -0.39 is 0 Å². The quantitative estimate of drug-likeness (QED) is 0.407. The summed E-state index contributed by atoms with van der Waals surface area (Å²) in [5, 5.41) is 0. The monoisotopic (exact) mass is 138 g/mol. The van der Waals surface area contributed by atoms with Crippen LogP contribution in [0.25, 0.3) is 0 Å². The van der Waals surface area contributed by atoms with Crippen LogP contribution in [-0.2, 0) is 0 Å². The third-order valence-corrected chi connectivity index (χ3v) is 0.604. The van der Waals surface area contributed by atoms with Gasteiger partial charge in [0.1, 0.15) is 0 Å². The van der Waals surface area contributed by atoms with Crippen molar-refractivity contribution in [2.45, 2.75) is 40.0 Å². The Morgan fingerprint density at radius 1 is 1.33 bits per heavy atom. The summed E-state index contributed by atoms with van der Waals surface area (Å²) >= 11 is 0. The molecule has 0 amide bonds. The Labute approximate surface area is 76.6 Å². The Hall–Kier alpha value is 0.766. The molecule has 9 heavy (non-hydrogen) atoms. The Bertz CT molecular complexity index is 18.5. The van der Waals surface area contributed by atoms with Gasteiger partial charge in [-0.3, -0.25) is 0 Å². The first kappa shape index (κ1) is 16.4. The average Bonchev–Trinajstić information content (AvgIpc) is 1.71. The maximum atomic E-state index is 3.68. The van der Waals surface area contributed by atoms with Crippen LogP contribution in [-0.4, -0.2) is 23.1 Å². The molecule has 0 radical (unpaired) electrons. The molecule has 0 nitrogen and oxygen atoms in total. The van der Waals surface area contributed by atoms with Crippen molar-refractivity contribution < 1.29 is 0 Å². The molecule has 0 atom stereocenters. The van der Waals surface area contributed by atoms with E-state index in [9.17, 15) is 0 Å². The molecular formula is C8H18Mg. The number of hydrogen-bond donors (Lipinski definition) is 0. The van der Waals surface area contributed by atoms with Gasteiger partial charge in [-0.05, 0) is 0 Å². The van der Waals surface area contributed by atoms with Gasteiger partial charge in [0.05, 0.1) is 0 Å². The van der Waals surface area contributed by atoms with Crippen LogP contribution in [0.3, 0.4) is 0 Å². The maximum absolute atomic E-state index is 3.68. The molecule has 0 bridgehead atoms. The smallest absolute Gasteiger partial charge is 0.343 e. The number of rotatable bonds is 2. The molecule has 0 rings (SSSR count). The van der Waals surface area contributed by atoms with Gasteiger partial charge >= 0.3 is 23.1 Å². The average molecular weight is 139 g/mol. The van der Waals surface area contributed by atoms with Crippen molar-refractivity contribution in [1.29, 1.82) is 0 Å². The molecule has 0 N–H and O–H groups in total. The predicted molar refractivity (Wildman–Crippen MR) is 46.3 cm³/mol. The molecule has 0 heterocycles. The van der Waals surface area contributed by atoms with Crippen LogP contribution < -0.4 is 0 Å². The van der Waals surface area contributed by atoms with Gasteiger partial charge in [-0.2, -0.15) is 20.3 Å². The molecule has 0 saturated heterocycles. The van der Waals surface area contributed by atoms with Crippen LogP contribution in [0.5, 0.6) is 0 Å². The predicted octanol–water partition coefficient (Wildman–Crippen LogP) is 2.86. The summed E-state index contributed by atoms with van der Waals surface area (Å²) < 4.78 is 0. The van der Waals surface area contributed by atoms with Gasteiger partial charge < -0.3 is 13.3 Å².